The van der Waals surface area contributed by atoms with E-state index in [1.165, 1.54) is 0 Å². The maximum atomic E-state index is 11.6. The van der Waals surface area contributed by atoms with Crippen LogP contribution < -0.4 is 10.2 Å². The van der Waals surface area contributed by atoms with Crippen LogP contribution in [-0.2, 0) is 4.74 Å². The Morgan fingerprint density at radius 3 is 2.67 bits per heavy atom. The number of amides is 1. The number of benzene rings is 1. The first-order chi connectivity index (χ1) is 14.4. The fourth-order valence-corrected chi connectivity index (χ4v) is 3.88. The molecule has 1 fully saturated rings. The number of carbonyl (C=O) groups excluding carboxylic acids is 1. The summed E-state index contributed by atoms with van der Waals surface area (Å²) in [6, 6.07) is 9.19. The lowest BCUT2D eigenvalue weighted by Crippen LogP contribution is -2.46. The van der Waals surface area contributed by atoms with E-state index in [1.54, 1.807) is 19.3 Å². The van der Waals surface area contributed by atoms with Gasteiger partial charge in [-0.15, -0.1) is 0 Å². The number of nitrogens with zero attached hydrogens (tertiary/aromatic N) is 4. The van der Waals surface area contributed by atoms with Crippen molar-refractivity contribution in [2.24, 2.45) is 0 Å². The van der Waals surface area contributed by atoms with E-state index in [9.17, 15) is 4.79 Å². The molecule has 30 heavy (non-hydrogen) atoms. The van der Waals surface area contributed by atoms with Crippen molar-refractivity contribution in [3.05, 3.63) is 46.6 Å². The average molecular weight is 446 g/mol. The van der Waals surface area contributed by atoms with Crippen molar-refractivity contribution in [1.29, 1.82) is 0 Å². The van der Waals surface area contributed by atoms with Crippen LogP contribution in [0.1, 0.15) is 19.8 Å². The van der Waals surface area contributed by atoms with Gasteiger partial charge in [0.15, 0.2) is 5.65 Å². The van der Waals surface area contributed by atoms with Gasteiger partial charge in [0.05, 0.1) is 21.9 Å². The summed E-state index contributed by atoms with van der Waals surface area (Å²) < 4.78 is 5.51. The standard InChI is InChI=1S/C21H21Cl2N5O2/c1-21(30-20(29)24-2)8-10-28(11-9-21)17-12-25-19-16(26-17)7-6-15(27-19)13-4-3-5-14(22)18(13)23/h3-7,12H,8-11H2,1-2H3,(H,24,29). The summed E-state index contributed by atoms with van der Waals surface area (Å²) in [5.41, 5.74) is 2.20. The van der Waals surface area contributed by atoms with Gasteiger partial charge >= 0.3 is 6.09 Å². The first-order valence-electron chi connectivity index (χ1n) is 9.62. The monoisotopic (exact) mass is 445 g/mol. The number of aromatic nitrogens is 3. The van der Waals surface area contributed by atoms with Crippen LogP contribution >= 0.6 is 23.2 Å². The molecule has 1 aliphatic rings. The number of halogens is 2. The van der Waals surface area contributed by atoms with Gasteiger partial charge in [0.25, 0.3) is 0 Å². The number of nitrogens with one attached hydrogen (secondary N) is 1. The molecule has 1 saturated heterocycles. The van der Waals surface area contributed by atoms with E-state index >= 15 is 0 Å². The fourth-order valence-electron chi connectivity index (χ4n) is 3.48. The topological polar surface area (TPSA) is 80.2 Å². The minimum atomic E-state index is -0.479. The smallest absolute Gasteiger partial charge is 0.407 e. The van der Waals surface area contributed by atoms with Gasteiger partial charge in [0.1, 0.15) is 16.9 Å². The SMILES string of the molecule is CNC(=O)OC1(C)CCN(c2cnc3nc(-c4cccc(Cl)c4Cl)ccc3n2)CC1. The van der Waals surface area contributed by atoms with E-state index in [4.69, 9.17) is 32.9 Å². The first-order valence-corrected chi connectivity index (χ1v) is 10.4. The number of pyridine rings is 1. The predicted molar refractivity (Wildman–Crippen MR) is 118 cm³/mol. The van der Waals surface area contributed by atoms with Gasteiger partial charge in [-0.05, 0) is 25.1 Å². The molecular formula is C21H21Cl2N5O2. The second-order valence-electron chi connectivity index (χ2n) is 7.45. The van der Waals surface area contributed by atoms with Gasteiger partial charge in [-0.25, -0.2) is 19.7 Å². The molecule has 0 saturated carbocycles. The molecular weight excluding hydrogens is 425 g/mol. The van der Waals surface area contributed by atoms with E-state index in [2.05, 4.69) is 20.2 Å². The summed E-state index contributed by atoms with van der Waals surface area (Å²) in [5.74, 6) is 0.778. The molecule has 9 heteroatoms. The molecule has 4 rings (SSSR count). The van der Waals surface area contributed by atoms with Crippen LogP contribution in [0.15, 0.2) is 36.5 Å². The summed E-state index contributed by atoms with van der Waals surface area (Å²) in [7, 11) is 1.56. The molecule has 2 aromatic heterocycles. The van der Waals surface area contributed by atoms with E-state index in [1.807, 2.05) is 31.2 Å². The second-order valence-corrected chi connectivity index (χ2v) is 8.23. The Balaban J connectivity index is 1.54. The van der Waals surface area contributed by atoms with E-state index in [0.29, 0.717) is 39.7 Å². The lowest BCUT2D eigenvalue weighted by molar-refractivity contribution is 0.00825. The summed E-state index contributed by atoms with van der Waals surface area (Å²) in [4.78, 5) is 27.5. The highest BCUT2D eigenvalue weighted by Gasteiger charge is 2.34. The molecule has 0 spiro atoms. The third kappa shape index (κ3) is 4.13. The number of alkyl carbamates (subject to hydrolysis) is 1. The molecule has 156 valence electrons. The molecule has 0 radical (unpaired) electrons. The van der Waals surface area contributed by atoms with Crippen molar-refractivity contribution < 1.29 is 9.53 Å². The lowest BCUT2D eigenvalue weighted by atomic mass is 9.93. The van der Waals surface area contributed by atoms with Crippen molar-refractivity contribution in [2.75, 3.05) is 25.0 Å². The molecule has 0 atom stereocenters. The number of ether oxygens (including phenoxy) is 1. The predicted octanol–water partition coefficient (Wildman–Crippen LogP) is 4.71. The average Bonchev–Trinajstić information content (AvgIpc) is 2.75. The van der Waals surface area contributed by atoms with Crippen molar-refractivity contribution in [3.8, 4) is 11.3 Å². The normalized spacial score (nSPS) is 15.8. The number of fused-ring (bicyclic) bond motifs is 1. The van der Waals surface area contributed by atoms with Crippen molar-refractivity contribution in [3.63, 3.8) is 0 Å². The van der Waals surface area contributed by atoms with Crippen LogP contribution in [0.3, 0.4) is 0 Å². The van der Waals surface area contributed by atoms with Crippen molar-refractivity contribution in [1.82, 2.24) is 20.3 Å². The molecule has 1 amide bonds. The zero-order valence-corrected chi connectivity index (χ0v) is 18.2. The van der Waals surface area contributed by atoms with Crippen LogP contribution in [0.4, 0.5) is 10.6 Å². The first kappa shape index (κ1) is 20.6. The number of hydrogen-bond donors (Lipinski definition) is 1. The quantitative estimate of drug-likeness (QED) is 0.628. The van der Waals surface area contributed by atoms with E-state index < -0.39 is 11.7 Å². The highest BCUT2D eigenvalue weighted by Crippen LogP contribution is 2.33. The number of anilines is 1. The number of piperidine rings is 1. The van der Waals surface area contributed by atoms with Crippen LogP contribution in [0, 0.1) is 0 Å². The molecule has 0 unspecified atom stereocenters. The van der Waals surface area contributed by atoms with Crippen LogP contribution in [0.2, 0.25) is 10.0 Å². The minimum absolute atomic E-state index is 0.405. The third-order valence-corrected chi connectivity index (χ3v) is 6.13. The Bertz CT molecular complexity index is 1100. The summed E-state index contributed by atoms with van der Waals surface area (Å²) in [6.45, 7) is 3.40. The fraction of sp³-hybridized carbons (Fsp3) is 0.333. The Labute approximate surface area is 184 Å². The Hall–Kier alpha value is -2.64. The maximum absolute atomic E-state index is 11.6. The van der Waals surface area contributed by atoms with Gasteiger partial charge in [0, 0.05) is 38.5 Å². The third-order valence-electron chi connectivity index (χ3n) is 5.31. The molecule has 0 aliphatic carbocycles. The Kier molecular flexibility index (Phi) is 5.66. The molecule has 1 aliphatic heterocycles. The summed E-state index contributed by atoms with van der Waals surface area (Å²) >= 11 is 12.4. The summed E-state index contributed by atoms with van der Waals surface area (Å²) in [6.07, 6.45) is 2.74. The zero-order valence-electron chi connectivity index (χ0n) is 16.7. The molecule has 1 aromatic carbocycles. The molecule has 0 bridgehead atoms. The summed E-state index contributed by atoms with van der Waals surface area (Å²) in [5, 5.41) is 3.45. The molecule has 1 N–H and O–H groups in total. The van der Waals surface area contributed by atoms with Crippen LogP contribution in [0.25, 0.3) is 22.4 Å². The molecule has 3 heterocycles. The maximum Gasteiger partial charge on any atom is 0.407 e. The van der Waals surface area contributed by atoms with Gasteiger partial charge < -0.3 is 15.0 Å². The van der Waals surface area contributed by atoms with Gasteiger partial charge in [-0.3, -0.25) is 0 Å². The van der Waals surface area contributed by atoms with Gasteiger partial charge in [-0.1, -0.05) is 35.3 Å². The van der Waals surface area contributed by atoms with Crippen LogP contribution in [0.5, 0.6) is 0 Å². The van der Waals surface area contributed by atoms with Gasteiger partial charge in [0.2, 0.25) is 0 Å². The van der Waals surface area contributed by atoms with Crippen molar-refractivity contribution >= 4 is 46.3 Å². The van der Waals surface area contributed by atoms with E-state index in [0.717, 1.165) is 24.5 Å². The van der Waals surface area contributed by atoms with Crippen molar-refractivity contribution in [2.45, 2.75) is 25.4 Å². The highest BCUT2D eigenvalue weighted by atomic mass is 35.5. The zero-order chi connectivity index (χ0) is 21.3. The van der Waals surface area contributed by atoms with Crippen LogP contribution in [-0.4, -0.2) is 46.8 Å². The second kappa shape index (κ2) is 8.24. The Morgan fingerprint density at radius 2 is 1.93 bits per heavy atom. The molecule has 7 nitrogen and oxygen atoms in total. The number of hydrogen-bond acceptors (Lipinski definition) is 6. The highest BCUT2D eigenvalue weighted by molar-refractivity contribution is 6.43. The van der Waals surface area contributed by atoms with Gasteiger partial charge in [-0.2, -0.15) is 0 Å². The van der Waals surface area contributed by atoms with E-state index in [-0.39, 0.29) is 0 Å². The Morgan fingerprint density at radius 1 is 1.17 bits per heavy atom. The number of rotatable bonds is 3. The number of carbonyl (C=O) groups is 1. The molecule has 3 aromatic rings. The lowest BCUT2D eigenvalue weighted by Gasteiger charge is -2.39. The largest absolute Gasteiger partial charge is 0.443 e. The minimum Gasteiger partial charge on any atom is -0.443 e.